The van der Waals surface area contributed by atoms with Crippen LogP contribution in [-0.4, -0.2) is 46.1 Å². The van der Waals surface area contributed by atoms with Crippen LogP contribution in [0.25, 0.3) is 11.0 Å². The van der Waals surface area contributed by atoms with Crippen LogP contribution >= 0.6 is 11.3 Å². The largest absolute Gasteiger partial charge is 0.375 e. The highest BCUT2D eigenvalue weighted by Gasteiger charge is 2.19. The molecular formula is C25H27N5O3S. The lowest BCUT2D eigenvalue weighted by Gasteiger charge is -2.16. The van der Waals surface area contributed by atoms with Gasteiger partial charge in [0.15, 0.2) is 0 Å². The van der Waals surface area contributed by atoms with Crippen LogP contribution in [0.2, 0.25) is 0 Å². The van der Waals surface area contributed by atoms with E-state index < -0.39 is 0 Å². The topological polar surface area (TPSA) is 98.1 Å². The first-order valence-electron chi connectivity index (χ1n) is 11.0. The third-order valence-corrected chi connectivity index (χ3v) is 6.17. The summed E-state index contributed by atoms with van der Waals surface area (Å²) in [5, 5.41) is 5.87. The minimum absolute atomic E-state index is 0.0725. The number of imidazole rings is 1. The van der Waals surface area contributed by atoms with Crippen molar-refractivity contribution in [2.45, 2.75) is 32.4 Å². The van der Waals surface area contributed by atoms with Gasteiger partial charge in [0.2, 0.25) is 5.91 Å². The van der Waals surface area contributed by atoms with Gasteiger partial charge in [-0.3, -0.25) is 14.6 Å². The van der Waals surface area contributed by atoms with E-state index in [4.69, 9.17) is 4.74 Å². The van der Waals surface area contributed by atoms with E-state index in [1.165, 1.54) is 12.7 Å². The van der Waals surface area contributed by atoms with E-state index >= 15 is 0 Å². The number of hydrogen-bond donors (Lipinski definition) is 2. The molecule has 2 N–H and O–H groups in total. The van der Waals surface area contributed by atoms with E-state index in [1.54, 1.807) is 35.3 Å². The molecule has 0 fully saturated rings. The third kappa shape index (κ3) is 5.86. The van der Waals surface area contributed by atoms with Crippen molar-refractivity contribution < 1.29 is 14.3 Å². The Morgan fingerprint density at radius 2 is 2.03 bits per heavy atom. The Morgan fingerprint density at radius 3 is 2.76 bits per heavy atom. The number of thiazole rings is 1. The van der Waals surface area contributed by atoms with Crippen LogP contribution < -0.4 is 10.6 Å². The van der Waals surface area contributed by atoms with Gasteiger partial charge in [0.25, 0.3) is 5.91 Å². The number of nitrogens with one attached hydrogen (secondary N) is 2. The molecule has 0 radical (unpaired) electrons. The predicted molar refractivity (Wildman–Crippen MR) is 133 cm³/mol. The molecule has 2 aromatic heterocycles. The number of fused-ring (bicyclic) bond motifs is 1. The number of aryl methyl sites for hydroxylation is 2. The molecule has 8 nitrogen and oxygen atoms in total. The molecule has 0 aliphatic heterocycles. The van der Waals surface area contributed by atoms with Crippen LogP contribution in [0.4, 0.5) is 5.69 Å². The van der Waals surface area contributed by atoms with Gasteiger partial charge in [-0.2, -0.15) is 0 Å². The molecule has 9 heteroatoms. The average molecular weight is 478 g/mol. The Kier molecular flexibility index (Phi) is 7.66. The number of rotatable bonds is 10. The Balaban J connectivity index is 1.62. The van der Waals surface area contributed by atoms with Gasteiger partial charge in [0.05, 0.1) is 28.4 Å². The highest BCUT2D eigenvalue weighted by Crippen LogP contribution is 2.25. The van der Waals surface area contributed by atoms with Crippen molar-refractivity contribution >= 4 is 39.9 Å². The number of benzene rings is 2. The van der Waals surface area contributed by atoms with Crippen molar-refractivity contribution in [3.63, 3.8) is 0 Å². The van der Waals surface area contributed by atoms with Crippen molar-refractivity contribution in [2.75, 3.05) is 19.0 Å². The molecule has 2 heterocycles. The minimum atomic E-state index is -0.296. The summed E-state index contributed by atoms with van der Waals surface area (Å²) in [6, 6.07) is 13.6. The van der Waals surface area contributed by atoms with Crippen LogP contribution in [0.15, 0.2) is 60.5 Å². The molecule has 0 bridgehead atoms. The van der Waals surface area contributed by atoms with E-state index in [2.05, 4.69) is 32.7 Å². The molecule has 34 heavy (non-hydrogen) atoms. The fourth-order valence-corrected chi connectivity index (χ4v) is 4.57. The summed E-state index contributed by atoms with van der Waals surface area (Å²) >= 11 is 1.56. The number of carbonyl (C=O) groups excluding carboxylic acids is 2. The van der Waals surface area contributed by atoms with E-state index in [0.717, 1.165) is 16.8 Å². The zero-order chi connectivity index (χ0) is 23.9. The summed E-state index contributed by atoms with van der Waals surface area (Å²) in [7, 11) is 1.46. The lowest BCUT2D eigenvalue weighted by molar-refractivity contribution is -0.119. The lowest BCUT2D eigenvalue weighted by atomic mass is 10.1. The van der Waals surface area contributed by atoms with Crippen molar-refractivity contribution in [3.8, 4) is 0 Å². The van der Waals surface area contributed by atoms with Crippen molar-refractivity contribution in [3.05, 3.63) is 76.5 Å². The second kappa shape index (κ2) is 11.0. The van der Waals surface area contributed by atoms with Crippen LogP contribution in [0.3, 0.4) is 0 Å². The minimum Gasteiger partial charge on any atom is -0.375 e. The molecular weight excluding hydrogens is 450 g/mol. The van der Waals surface area contributed by atoms with Gasteiger partial charge in [0.1, 0.15) is 6.61 Å². The number of nitrogens with zero attached hydrogens (tertiary/aromatic N) is 3. The highest BCUT2D eigenvalue weighted by molar-refractivity contribution is 7.09. The number of methoxy groups -OCH3 is 1. The van der Waals surface area contributed by atoms with Gasteiger partial charge in [-0.1, -0.05) is 30.3 Å². The van der Waals surface area contributed by atoms with Crippen LogP contribution in [0, 0.1) is 0 Å². The number of anilines is 1. The fraction of sp³-hybridized carbons (Fsp3) is 0.280. The molecule has 4 rings (SSSR count). The maximum atomic E-state index is 13.4. The predicted octanol–water partition coefficient (Wildman–Crippen LogP) is 3.68. The number of aromatic nitrogens is 3. The smallest absolute Gasteiger partial charge is 0.253 e. The Labute approximate surface area is 202 Å². The average Bonchev–Trinajstić information content (AvgIpc) is 3.47. The fourth-order valence-electron chi connectivity index (χ4n) is 3.84. The molecule has 176 valence electrons. The van der Waals surface area contributed by atoms with Crippen molar-refractivity contribution in [1.29, 1.82) is 0 Å². The van der Waals surface area contributed by atoms with Gasteiger partial charge >= 0.3 is 0 Å². The number of hydrogen-bond acceptors (Lipinski definition) is 6. The van der Waals surface area contributed by atoms with E-state index in [0.29, 0.717) is 29.7 Å². The lowest BCUT2D eigenvalue weighted by Crippen LogP contribution is -2.34. The summed E-state index contributed by atoms with van der Waals surface area (Å²) in [5.74, 6) is -0.512. The second-order valence-electron chi connectivity index (χ2n) is 8.09. The number of ether oxygens (including phenoxy) is 1. The monoisotopic (exact) mass is 477 g/mol. The van der Waals surface area contributed by atoms with Gasteiger partial charge in [0, 0.05) is 42.9 Å². The molecule has 1 unspecified atom stereocenters. The molecule has 4 aromatic rings. The van der Waals surface area contributed by atoms with Gasteiger partial charge in [-0.15, -0.1) is 11.3 Å². The van der Waals surface area contributed by atoms with Crippen LogP contribution in [0.5, 0.6) is 0 Å². The summed E-state index contributed by atoms with van der Waals surface area (Å²) in [6.07, 6.45) is 5.06. The first-order valence-corrected chi connectivity index (χ1v) is 11.9. The highest BCUT2D eigenvalue weighted by atomic mass is 32.1. The van der Waals surface area contributed by atoms with E-state index in [9.17, 15) is 9.59 Å². The second-order valence-corrected chi connectivity index (χ2v) is 9.06. The molecule has 0 saturated carbocycles. The van der Waals surface area contributed by atoms with Crippen molar-refractivity contribution in [2.24, 2.45) is 0 Å². The Bertz CT molecular complexity index is 1250. The van der Waals surface area contributed by atoms with Gasteiger partial charge in [-0.05, 0) is 31.0 Å². The Hall–Kier alpha value is -3.56. The third-order valence-electron chi connectivity index (χ3n) is 5.37. The van der Waals surface area contributed by atoms with E-state index in [-0.39, 0.29) is 24.5 Å². The first kappa shape index (κ1) is 23.6. The molecule has 2 amide bonds. The molecule has 1 atom stereocenters. The van der Waals surface area contributed by atoms with Crippen LogP contribution in [0.1, 0.15) is 27.7 Å². The SMILES string of the molecule is COCC(=O)Nc1cc(C(=O)NC(C)Cc2cncs2)c2c(c1)ncn2CCc1ccccc1. The standard InChI is InChI=1S/C25H27N5O3S/c1-17(10-20-13-26-16-34-20)28-25(32)21-11-19(29-23(31)14-33-2)12-22-24(21)30(15-27-22)9-8-18-6-4-3-5-7-18/h3-7,11-13,15-17H,8-10,14H2,1-2H3,(H,28,32)(H,29,31). The van der Waals surface area contributed by atoms with Crippen molar-refractivity contribution in [1.82, 2.24) is 19.9 Å². The molecule has 0 saturated heterocycles. The normalized spacial score (nSPS) is 11.9. The summed E-state index contributed by atoms with van der Waals surface area (Å²) in [5.41, 5.74) is 5.34. The summed E-state index contributed by atoms with van der Waals surface area (Å²) < 4.78 is 6.90. The molecule has 0 aliphatic rings. The quantitative estimate of drug-likeness (QED) is 0.363. The Morgan fingerprint density at radius 1 is 1.21 bits per heavy atom. The maximum Gasteiger partial charge on any atom is 0.253 e. The summed E-state index contributed by atoms with van der Waals surface area (Å²) in [6.45, 7) is 2.56. The zero-order valence-corrected chi connectivity index (χ0v) is 20.0. The number of amides is 2. The van der Waals surface area contributed by atoms with Gasteiger partial charge < -0.3 is 19.9 Å². The molecule has 2 aromatic carbocycles. The maximum absolute atomic E-state index is 13.4. The molecule has 0 spiro atoms. The van der Waals surface area contributed by atoms with Gasteiger partial charge in [-0.25, -0.2) is 4.98 Å². The van der Waals surface area contributed by atoms with Crippen LogP contribution in [-0.2, 0) is 28.9 Å². The molecule has 0 aliphatic carbocycles. The van der Waals surface area contributed by atoms with E-state index in [1.807, 2.05) is 35.9 Å². The number of carbonyl (C=O) groups is 2. The zero-order valence-electron chi connectivity index (χ0n) is 19.2. The first-order chi connectivity index (χ1) is 16.5. The summed E-state index contributed by atoms with van der Waals surface area (Å²) in [4.78, 5) is 35.2.